The monoisotopic (exact) mass is 211 g/mol. The van der Waals surface area contributed by atoms with E-state index < -0.39 is 5.97 Å². The molecule has 3 nitrogen and oxygen atoms in total. The smallest absolute Gasteiger partial charge is 0.317 e. The van der Waals surface area contributed by atoms with E-state index in [9.17, 15) is 4.79 Å². The lowest BCUT2D eigenvalue weighted by Crippen LogP contribution is -2.51. The lowest BCUT2D eigenvalue weighted by atomic mass is 9.65. The van der Waals surface area contributed by atoms with Crippen molar-refractivity contribution in [2.75, 3.05) is 6.54 Å². The third-order valence-corrected chi connectivity index (χ3v) is 4.04. The number of carboxylic acids is 1. The van der Waals surface area contributed by atoms with Crippen molar-refractivity contribution in [2.24, 2.45) is 11.8 Å². The van der Waals surface area contributed by atoms with Gasteiger partial charge in [0.15, 0.2) is 0 Å². The first kappa shape index (κ1) is 10.9. The van der Waals surface area contributed by atoms with Crippen LogP contribution < -0.4 is 5.32 Å². The number of nitrogens with one attached hydrogen (secondary N) is 1. The van der Waals surface area contributed by atoms with Crippen LogP contribution in [0.25, 0.3) is 0 Å². The standard InChI is InChI=1S/C12H21NO2/c1-12(13-8-11(14)15)6-9-3-2-4-10(5-9)7-12/h9-10,13H,2-8H2,1H3,(H,14,15). The first-order valence-electron chi connectivity index (χ1n) is 6.04. The Bertz CT molecular complexity index is 240. The van der Waals surface area contributed by atoms with Crippen molar-refractivity contribution in [1.29, 1.82) is 0 Å². The van der Waals surface area contributed by atoms with Gasteiger partial charge < -0.3 is 10.4 Å². The normalized spacial score (nSPS) is 40.1. The van der Waals surface area contributed by atoms with Crippen LogP contribution in [0.1, 0.15) is 45.4 Å². The van der Waals surface area contributed by atoms with Gasteiger partial charge in [-0.3, -0.25) is 4.79 Å². The second kappa shape index (κ2) is 4.12. The number of fused-ring (bicyclic) bond motifs is 2. The van der Waals surface area contributed by atoms with Gasteiger partial charge in [0.25, 0.3) is 0 Å². The molecule has 2 unspecified atom stereocenters. The topological polar surface area (TPSA) is 49.3 Å². The second-order valence-electron chi connectivity index (χ2n) is 5.61. The summed E-state index contributed by atoms with van der Waals surface area (Å²) in [6.07, 6.45) is 7.78. The van der Waals surface area contributed by atoms with Crippen LogP contribution in [0.3, 0.4) is 0 Å². The summed E-state index contributed by atoms with van der Waals surface area (Å²) in [6, 6.07) is 0. The maximum atomic E-state index is 10.6. The van der Waals surface area contributed by atoms with E-state index in [-0.39, 0.29) is 12.1 Å². The van der Waals surface area contributed by atoms with Gasteiger partial charge in [0.2, 0.25) is 0 Å². The molecule has 0 aromatic heterocycles. The van der Waals surface area contributed by atoms with Gasteiger partial charge in [0, 0.05) is 5.54 Å². The molecule has 0 saturated heterocycles. The lowest BCUT2D eigenvalue weighted by Gasteiger charge is -2.45. The fourth-order valence-electron chi connectivity index (χ4n) is 3.56. The van der Waals surface area contributed by atoms with E-state index in [0.717, 1.165) is 24.7 Å². The van der Waals surface area contributed by atoms with E-state index in [2.05, 4.69) is 12.2 Å². The fourth-order valence-corrected chi connectivity index (χ4v) is 3.56. The summed E-state index contributed by atoms with van der Waals surface area (Å²) in [5, 5.41) is 11.9. The van der Waals surface area contributed by atoms with Crippen LogP contribution in [-0.4, -0.2) is 23.2 Å². The molecule has 15 heavy (non-hydrogen) atoms. The molecule has 3 heteroatoms. The average molecular weight is 211 g/mol. The summed E-state index contributed by atoms with van der Waals surface area (Å²) in [6.45, 7) is 2.30. The number of rotatable bonds is 3. The molecular formula is C12H21NO2. The van der Waals surface area contributed by atoms with Gasteiger partial charge in [-0.1, -0.05) is 19.3 Å². The van der Waals surface area contributed by atoms with Gasteiger partial charge in [0.05, 0.1) is 6.54 Å². The van der Waals surface area contributed by atoms with Crippen molar-refractivity contribution in [1.82, 2.24) is 5.32 Å². The Morgan fingerprint density at radius 2 is 2.00 bits per heavy atom. The zero-order valence-electron chi connectivity index (χ0n) is 9.46. The van der Waals surface area contributed by atoms with Gasteiger partial charge in [-0.2, -0.15) is 0 Å². The van der Waals surface area contributed by atoms with Crippen molar-refractivity contribution in [3.8, 4) is 0 Å². The Hall–Kier alpha value is -0.570. The summed E-state index contributed by atoms with van der Waals surface area (Å²) in [5.74, 6) is 0.930. The molecule has 2 bridgehead atoms. The summed E-state index contributed by atoms with van der Waals surface area (Å²) < 4.78 is 0. The van der Waals surface area contributed by atoms with Crippen LogP contribution in [-0.2, 0) is 4.79 Å². The number of carbonyl (C=O) groups is 1. The van der Waals surface area contributed by atoms with Crippen molar-refractivity contribution < 1.29 is 9.90 Å². The Balaban J connectivity index is 1.93. The molecule has 0 amide bonds. The predicted octanol–water partition coefficient (Wildman–Crippen LogP) is 2.02. The van der Waals surface area contributed by atoms with Crippen LogP contribution in [0.15, 0.2) is 0 Å². The van der Waals surface area contributed by atoms with Crippen molar-refractivity contribution in [3.05, 3.63) is 0 Å². The van der Waals surface area contributed by atoms with Crippen molar-refractivity contribution in [3.63, 3.8) is 0 Å². The Morgan fingerprint density at radius 3 is 2.53 bits per heavy atom. The van der Waals surface area contributed by atoms with E-state index in [1.807, 2.05) is 0 Å². The summed E-state index contributed by atoms with van der Waals surface area (Å²) in [7, 11) is 0. The quantitative estimate of drug-likeness (QED) is 0.751. The van der Waals surface area contributed by atoms with Gasteiger partial charge in [-0.15, -0.1) is 0 Å². The van der Waals surface area contributed by atoms with E-state index in [1.165, 1.54) is 25.7 Å². The van der Waals surface area contributed by atoms with Crippen LogP contribution in [0.2, 0.25) is 0 Å². The molecule has 2 saturated carbocycles. The van der Waals surface area contributed by atoms with Gasteiger partial charge in [-0.25, -0.2) is 0 Å². The predicted molar refractivity (Wildman–Crippen MR) is 58.7 cm³/mol. The Morgan fingerprint density at radius 1 is 1.40 bits per heavy atom. The summed E-state index contributed by atoms with van der Waals surface area (Å²) in [5.41, 5.74) is 0.0758. The highest BCUT2D eigenvalue weighted by molar-refractivity contribution is 5.69. The van der Waals surface area contributed by atoms with Gasteiger partial charge >= 0.3 is 5.97 Å². The van der Waals surface area contributed by atoms with E-state index in [0.29, 0.717) is 0 Å². The molecule has 0 radical (unpaired) electrons. The minimum Gasteiger partial charge on any atom is -0.480 e. The average Bonchev–Trinajstić information content (AvgIpc) is 2.14. The van der Waals surface area contributed by atoms with Crippen LogP contribution in [0, 0.1) is 11.8 Å². The third kappa shape index (κ3) is 2.71. The van der Waals surface area contributed by atoms with Crippen LogP contribution >= 0.6 is 0 Å². The number of hydrogen-bond acceptors (Lipinski definition) is 2. The SMILES string of the molecule is CC1(NCC(=O)O)CC2CCCC(C2)C1. The summed E-state index contributed by atoms with van der Waals surface area (Å²) >= 11 is 0. The van der Waals surface area contributed by atoms with Crippen molar-refractivity contribution in [2.45, 2.75) is 51.0 Å². The molecule has 0 aromatic carbocycles. The third-order valence-electron chi connectivity index (χ3n) is 4.04. The molecule has 2 aliphatic rings. The Labute approximate surface area is 91.2 Å². The molecule has 0 spiro atoms. The molecule has 86 valence electrons. The zero-order valence-corrected chi connectivity index (χ0v) is 9.46. The van der Waals surface area contributed by atoms with E-state index >= 15 is 0 Å². The largest absolute Gasteiger partial charge is 0.480 e. The molecule has 0 aromatic rings. The van der Waals surface area contributed by atoms with Crippen LogP contribution in [0.5, 0.6) is 0 Å². The summed E-state index contributed by atoms with van der Waals surface area (Å²) in [4.78, 5) is 10.6. The molecule has 2 fully saturated rings. The Kier molecular flexibility index (Phi) is 3.01. The molecule has 0 heterocycles. The minimum absolute atomic E-state index is 0.0758. The van der Waals surface area contributed by atoms with Crippen molar-refractivity contribution >= 4 is 5.97 Å². The maximum absolute atomic E-state index is 10.6. The van der Waals surface area contributed by atoms with Crippen LogP contribution in [0.4, 0.5) is 0 Å². The first-order valence-corrected chi connectivity index (χ1v) is 6.04. The highest BCUT2D eigenvalue weighted by atomic mass is 16.4. The van der Waals surface area contributed by atoms with E-state index in [4.69, 9.17) is 5.11 Å². The molecule has 2 N–H and O–H groups in total. The highest BCUT2D eigenvalue weighted by Crippen LogP contribution is 2.44. The molecular weight excluding hydrogens is 190 g/mol. The van der Waals surface area contributed by atoms with Gasteiger partial charge in [0.1, 0.15) is 0 Å². The lowest BCUT2D eigenvalue weighted by molar-refractivity contribution is -0.136. The minimum atomic E-state index is -0.744. The fraction of sp³-hybridized carbons (Fsp3) is 0.917. The second-order valence-corrected chi connectivity index (χ2v) is 5.61. The number of aliphatic carboxylic acids is 1. The molecule has 2 atom stereocenters. The molecule has 2 rings (SSSR count). The molecule has 0 aliphatic heterocycles. The first-order chi connectivity index (χ1) is 7.07. The highest BCUT2D eigenvalue weighted by Gasteiger charge is 2.38. The zero-order chi connectivity index (χ0) is 10.9. The maximum Gasteiger partial charge on any atom is 0.317 e. The van der Waals surface area contributed by atoms with E-state index in [1.54, 1.807) is 0 Å². The van der Waals surface area contributed by atoms with Gasteiger partial charge in [-0.05, 0) is 38.0 Å². The number of hydrogen-bond donors (Lipinski definition) is 2. The molecule has 2 aliphatic carbocycles. The number of carboxylic acid groups (broad SMARTS) is 1.